The predicted molar refractivity (Wildman–Crippen MR) is 79.8 cm³/mol. The predicted octanol–water partition coefficient (Wildman–Crippen LogP) is 0.0290. The Balaban J connectivity index is 2.14. The van der Waals surface area contributed by atoms with Crippen molar-refractivity contribution in [1.82, 2.24) is 10.6 Å². The molecule has 0 aliphatic heterocycles. The maximum atomic E-state index is 11.8. The van der Waals surface area contributed by atoms with Gasteiger partial charge in [0.15, 0.2) is 6.73 Å². The van der Waals surface area contributed by atoms with Gasteiger partial charge in [-0.3, -0.25) is 9.59 Å². The zero-order chi connectivity index (χ0) is 17.1. The van der Waals surface area contributed by atoms with E-state index in [0.29, 0.717) is 0 Å². The van der Waals surface area contributed by atoms with Crippen molar-refractivity contribution in [2.75, 3.05) is 20.4 Å². The SMILES string of the molecule is COC(=O)/C=C/C(=O)OCNC(=O)CNC(=O)C1CCCCC1. The molecule has 23 heavy (non-hydrogen) atoms. The van der Waals surface area contributed by atoms with Crippen LogP contribution in [0.5, 0.6) is 0 Å². The summed E-state index contributed by atoms with van der Waals surface area (Å²) in [6.45, 7) is -0.507. The number of hydrogen-bond donors (Lipinski definition) is 2. The van der Waals surface area contributed by atoms with E-state index in [2.05, 4.69) is 20.1 Å². The molecule has 0 unspecified atom stereocenters. The molecule has 8 nitrogen and oxygen atoms in total. The van der Waals surface area contributed by atoms with Crippen molar-refractivity contribution < 1.29 is 28.7 Å². The molecular weight excluding hydrogens is 304 g/mol. The lowest BCUT2D eigenvalue weighted by atomic mass is 9.89. The molecule has 0 aromatic heterocycles. The van der Waals surface area contributed by atoms with E-state index in [1.165, 1.54) is 7.11 Å². The van der Waals surface area contributed by atoms with Crippen LogP contribution in [0.1, 0.15) is 32.1 Å². The van der Waals surface area contributed by atoms with E-state index in [0.717, 1.165) is 44.3 Å². The third-order valence-electron chi connectivity index (χ3n) is 3.44. The van der Waals surface area contributed by atoms with Gasteiger partial charge in [-0.15, -0.1) is 0 Å². The Morgan fingerprint density at radius 1 is 1.00 bits per heavy atom. The van der Waals surface area contributed by atoms with Crippen molar-refractivity contribution in [2.24, 2.45) is 5.92 Å². The Morgan fingerprint density at radius 3 is 2.30 bits per heavy atom. The Morgan fingerprint density at radius 2 is 1.65 bits per heavy atom. The second-order valence-corrected chi connectivity index (χ2v) is 5.12. The normalized spacial score (nSPS) is 15.0. The van der Waals surface area contributed by atoms with Gasteiger partial charge >= 0.3 is 11.9 Å². The lowest BCUT2D eigenvalue weighted by Gasteiger charge is -2.20. The van der Waals surface area contributed by atoms with Gasteiger partial charge < -0.3 is 20.1 Å². The van der Waals surface area contributed by atoms with Crippen LogP contribution in [0.25, 0.3) is 0 Å². The molecule has 128 valence electrons. The number of amides is 2. The minimum Gasteiger partial charge on any atom is -0.466 e. The van der Waals surface area contributed by atoms with Crippen LogP contribution in [0.4, 0.5) is 0 Å². The monoisotopic (exact) mass is 326 g/mol. The van der Waals surface area contributed by atoms with Gasteiger partial charge in [-0.05, 0) is 12.8 Å². The van der Waals surface area contributed by atoms with Gasteiger partial charge in [-0.25, -0.2) is 9.59 Å². The van der Waals surface area contributed by atoms with E-state index in [1.54, 1.807) is 0 Å². The van der Waals surface area contributed by atoms with Crippen molar-refractivity contribution >= 4 is 23.8 Å². The van der Waals surface area contributed by atoms with Gasteiger partial charge in [0.2, 0.25) is 11.8 Å². The van der Waals surface area contributed by atoms with E-state index < -0.39 is 17.8 Å². The average Bonchev–Trinajstić information content (AvgIpc) is 2.58. The molecule has 1 saturated carbocycles. The largest absolute Gasteiger partial charge is 0.466 e. The van der Waals surface area contributed by atoms with Crippen LogP contribution in [0.2, 0.25) is 0 Å². The number of carbonyl (C=O) groups excluding carboxylic acids is 4. The van der Waals surface area contributed by atoms with Gasteiger partial charge in [0.25, 0.3) is 0 Å². The molecule has 1 aliphatic rings. The van der Waals surface area contributed by atoms with Crippen LogP contribution in [-0.4, -0.2) is 44.1 Å². The first-order valence-electron chi connectivity index (χ1n) is 7.50. The zero-order valence-electron chi connectivity index (χ0n) is 13.1. The summed E-state index contributed by atoms with van der Waals surface area (Å²) in [6.07, 6.45) is 6.76. The van der Waals surface area contributed by atoms with Crippen LogP contribution in [0.3, 0.4) is 0 Å². The quantitative estimate of drug-likeness (QED) is 0.388. The summed E-state index contributed by atoms with van der Waals surface area (Å²) in [5.74, 6) is -2.06. The van der Waals surface area contributed by atoms with Crippen molar-refractivity contribution in [3.05, 3.63) is 12.2 Å². The maximum absolute atomic E-state index is 11.8. The Bertz CT molecular complexity index is 469. The number of esters is 2. The molecule has 1 rings (SSSR count). The first kappa shape index (κ1) is 18.7. The first-order valence-corrected chi connectivity index (χ1v) is 7.50. The topological polar surface area (TPSA) is 111 Å². The zero-order valence-corrected chi connectivity index (χ0v) is 13.1. The number of ether oxygens (including phenoxy) is 2. The highest BCUT2D eigenvalue weighted by Crippen LogP contribution is 2.23. The summed E-state index contributed by atoms with van der Waals surface area (Å²) in [5, 5.41) is 4.90. The molecule has 0 saturated heterocycles. The molecule has 8 heteroatoms. The smallest absolute Gasteiger partial charge is 0.332 e. The number of hydrogen-bond acceptors (Lipinski definition) is 6. The highest BCUT2D eigenvalue weighted by Gasteiger charge is 2.21. The second-order valence-electron chi connectivity index (χ2n) is 5.12. The van der Waals surface area contributed by atoms with Gasteiger partial charge in [-0.2, -0.15) is 0 Å². The molecule has 0 aromatic carbocycles. The van der Waals surface area contributed by atoms with Crippen LogP contribution >= 0.6 is 0 Å². The van der Waals surface area contributed by atoms with Crippen molar-refractivity contribution in [2.45, 2.75) is 32.1 Å². The molecule has 2 amide bonds. The molecule has 0 bridgehead atoms. The third kappa shape index (κ3) is 7.98. The highest BCUT2D eigenvalue weighted by atomic mass is 16.5. The van der Waals surface area contributed by atoms with E-state index in [1.807, 2.05) is 0 Å². The van der Waals surface area contributed by atoms with E-state index in [4.69, 9.17) is 0 Å². The van der Waals surface area contributed by atoms with Crippen LogP contribution in [0.15, 0.2) is 12.2 Å². The molecule has 0 radical (unpaired) electrons. The molecule has 0 atom stereocenters. The summed E-state index contributed by atoms with van der Waals surface area (Å²) in [4.78, 5) is 45.3. The summed E-state index contributed by atoms with van der Waals surface area (Å²) in [7, 11) is 1.18. The Labute approximate surface area is 134 Å². The fraction of sp³-hybridized carbons (Fsp3) is 0.600. The third-order valence-corrected chi connectivity index (χ3v) is 3.44. The van der Waals surface area contributed by atoms with E-state index in [9.17, 15) is 19.2 Å². The maximum Gasteiger partial charge on any atom is 0.332 e. The summed E-state index contributed by atoms with van der Waals surface area (Å²) in [5.41, 5.74) is 0. The molecule has 2 N–H and O–H groups in total. The molecular formula is C15H22N2O6. The first-order chi connectivity index (χ1) is 11.0. The lowest BCUT2D eigenvalue weighted by Crippen LogP contribution is -2.40. The minimum absolute atomic E-state index is 0.0159. The molecule has 0 spiro atoms. The van der Waals surface area contributed by atoms with Gasteiger partial charge in [0.1, 0.15) is 0 Å². The van der Waals surface area contributed by atoms with E-state index >= 15 is 0 Å². The highest BCUT2D eigenvalue weighted by molar-refractivity contribution is 5.91. The minimum atomic E-state index is -0.790. The average molecular weight is 326 g/mol. The van der Waals surface area contributed by atoms with Crippen molar-refractivity contribution in [3.63, 3.8) is 0 Å². The summed E-state index contributed by atoms with van der Waals surface area (Å²) < 4.78 is 8.96. The fourth-order valence-corrected chi connectivity index (χ4v) is 2.18. The number of carbonyl (C=O) groups is 4. The lowest BCUT2D eigenvalue weighted by molar-refractivity contribution is -0.141. The van der Waals surface area contributed by atoms with Gasteiger partial charge in [0, 0.05) is 18.1 Å². The Kier molecular flexibility index (Phi) is 8.41. The second kappa shape index (κ2) is 10.4. The van der Waals surface area contributed by atoms with Crippen molar-refractivity contribution in [1.29, 1.82) is 0 Å². The summed E-state index contributed by atoms with van der Waals surface area (Å²) >= 11 is 0. The Hall–Kier alpha value is -2.38. The van der Waals surface area contributed by atoms with Gasteiger partial charge in [-0.1, -0.05) is 19.3 Å². The van der Waals surface area contributed by atoms with Crippen LogP contribution in [0, 0.1) is 5.92 Å². The molecule has 1 fully saturated rings. The van der Waals surface area contributed by atoms with Crippen LogP contribution < -0.4 is 10.6 Å². The number of rotatable bonds is 7. The number of methoxy groups -OCH3 is 1. The van der Waals surface area contributed by atoms with Crippen molar-refractivity contribution in [3.8, 4) is 0 Å². The van der Waals surface area contributed by atoms with E-state index in [-0.39, 0.29) is 25.1 Å². The molecule has 0 heterocycles. The molecule has 0 aromatic rings. The molecule has 1 aliphatic carbocycles. The standard InChI is InChI=1S/C15H22N2O6/c1-22-13(19)7-8-14(20)23-10-17-12(18)9-16-15(21)11-5-3-2-4-6-11/h7-8,11H,2-6,9-10H2,1H3,(H,16,21)(H,17,18)/b8-7+. The number of nitrogens with one attached hydrogen (secondary N) is 2. The fourth-order valence-electron chi connectivity index (χ4n) is 2.18. The van der Waals surface area contributed by atoms with Crippen LogP contribution in [-0.2, 0) is 28.7 Å². The summed E-state index contributed by atoms with van der Waals surface area (Å²) in [6, 6.07) is 0. The van der Waals surface area contributed by atoms with Gasteiger partial charge in [0.05, 0.1) is 13.7 Å².